The zero-order valence-electron chi connectivity index (χ0n) is 13.1. The molecule has 0 radical (unpaired) electrons. The lowest BCUT2D eigenvalue weighted by Crippen LogP contribution is -2.47. The molecule has 2 N–H and O–H groups in total. The molecule has 0 amide bonds. The molecule has 0 saturated carbocycles. The zero-order chi connectivity index (χ0) is 16.1. The summed E-state index contributed by atoms with van der Waals surface area (Å²) < 4.78 is 36.2. The Hall–Kier alpha value is -0.903. The topological polar surface area (TPSA) is 96.4 Å². The van der Waals surface area contributed by atoms with E-state index in [-0.39, 0.29) is 21.9 Å². The summed E-state index contributed by atoms with van der Waals surface area (Å²) in [6.45, 7) is 11.6. The minimum atomic E-state index is -3.82. The number of nitrogens with zero attached hydrogens (tertiary/aromatic N) is 2. The van der Waals surface area contributed by atoms with Gasteiger partial charge in [0.25, 0.3) is 0 Å². The summed E-state index contributed by atoms with van der Waals surface area (Å²) >= 11 is 0. The predicted octanol–water partition coefficient (Wildman–Crippen LogP) is 1.31. The highest BCUT2D eigenvalue weighted by atomic mass is 32.2. The van der Waals surface area contributed by atoms with Crippen LogP contribution in [0.25, 0.3) is 0 Å². The summed E-state index contributed by atoms with van der Waals surface area (Å²) in [5, 5.41) is 9.27. The first-order chi connectivity index (χ1) is 9.42. The van der Waals surface area contributed by atoms with Gasteiger partial charge in [-0.25, -0.2) is 18.2 Å². The zero-order valence-corrected chi connectivity index (χ0v) is 14.9. The van der Waals surface area contributed by atoms with Crippen LogP contribution >= 0.6 is 0 Å². The van der Waals surface area contributed by atoms with E-state index in [1.807, 2.05) is 0 Å². The molecule has 0 spiro atoms. The van der Waals surface area contributed by atoms with Crippen LogP contribution < -0.4 is 9.88 Å². The maximum Gasteiger partial charge on any atom is 0.245 e. The highest BCUT2D eigenvalue weighted by molar-refractivity contribution is 7.89. The number of rotatable bonds is 3. The fourth-order valence-electron chi connectivity index (χ4n) is 1.91. The largest absolute Gasteiger partial charge is 0.474 e. The molecule has 2 heterocycles. The first-order valence-electron chi connectivity index (χ1n) is 6.81. The second-order valence-electron chi connectivity index (χ2n) is 6.85. The van der Waals surface area contributed by atoms with Gasteiger partial charge in [-0.2, -0.15) is 5.10 Å². The maximum absolute atomic E-state index is 11.4. The van der Waals surface area contributed by atoms with Crippen molar-refractivity contribution in [2.24, 2.45) is 5.14 Å². The Morgan fingerprint density at radius 2 is 2.10 bits per heavy atom. The molecule has 21 heavy (non-hydrogen) atoms. The number of aromatic nitrogens is 2. The summed E-state index contributed by atoms with van der Waals surface area (Å²) in [5.41, 5.74) is 0. The minimum absolute atomic E-state index is 0.0757. The fourth-order valence-corrected chi connectivity index (χ4v) is 3.84. The Kier molecular flexibility index (Phi) is 3.98. The average molecular weight is 333 g/mol. The smallest absolute Gasteiger partial charge is 0.245 e. The standard InChI is InChI=1S/C12H23N3O4SSi/c1-12(2,3)21(4,5)19-9-7-15-11(18-8-9)10(6-14-15)20(13,16)17/h6,9H,7-8H2,1-5H3,(H2,13,16,17)/t9-/m1/s1. The number of hydrogen-bond acceptors (Lipinski definition) is 5. The van der Waals surface area contributed by atoms with Crippen molar-refractivity contribution >= 4 is 18.3 Å². The molecule has 1 atom stereocenters. The summed E-state index contributed by atoms with van der Waals surface area (Å²) in [4.78, 5) is -0.0757. The van der Waals surface area contributed by atoms with Crippen LogP contribution in [0.15, 0.2) is 11.1 Å². The molecule has 9 heteroatoms. The molecular formula is C12H23N3O4SSi. The van der Waals surface area contributed by atoms with Crippen molar-refractivity contribution in [3.63, 3.8) is 0 Å². The first kappa shape index (κ1) is 16.5. The van der Waals surface area contributed by atoms with Gasteiger partial charge >= 0.3 is 0 Å². The van der Waals surface area contributed by atoms with Gasteiger partial charge in [0, 0.05) is 0 Å². The van der Waals surface area contributed by atoms with Crippen LogP contribution in [0.5, 0.6) is 5.88 Å². The number of hydrogen-bond donors (Lipinski definition) is 1. The van der Waals surface area contributed by atoms with Crippen molar-refractivity contribution in [1.82, 2.24) is 9.78 Å². The number of nitrogens with two attached hydrogens (primary N) is 1. The molecule has 1 aromatic heterocycles. The van der Waals surface area contributed by atoms with Crippen molar-refractivity contribution in [1.29, 1.82) is 0 Å². The van der Waals surface area contributed by atoms with Gasteiger partial charge in [0.05, 0.1) is 18.8 Å². The lowest BCUT2D eigenvalue weighted by atomic mass is 10.2. The predicted molar refractivity (Wildman–Crippen MR) is 81.2 cm³/mol. The second kappa shape index (κ2) is 5.08. The van der Waals surface area contributed by atoms with E-state index in [4.69, 9.17) is 14.3 Å². The quantitative estimate of drug-likeness (QED) is 0.841. The number of primary sulfonamides is 1. The molecule has 0 fully saturated rings. The van der Waals surface area contributed by atoms with Gasteiger partial charge in [-0.15, -0.1) is 0 Å². The van der Waals surface area contributed by atoms with E-state index in [1.165, 1.54) is 10.9 Å². The van der Waals surface area contributed by atoms with E-state index < -0.39 is 18.3 Å². The number of ether oxygens (including phenoxy) is 1. The average Bonchev–Trinajstić information content (AvgIpc) is 2.69. The van der Waals surface area contributed by atoms with E-state index in [2.05, 4.69) is 39.0 Å². The summed E-state index contributed by atoms with van der Waals surface area (Å²) in [6, 6.07) is 0. The van der Waals surface area contributed by atoms with E-state index in [1.54, 1.807) is 0 Å². The van der Waals surface area contributed by atoms with Gasteiger partial charge < -0.3 is 9.16 Å². The molecule has 0 bridgehead atoms. The van der Waals surface area contributed by atoms with Crippen LogP contribution in [0.1, 0.15) is 20.8 Å². The molecular weight excluding hydrogens is 310 g/mol. The molecule has 0 unspecified atom stereocenters. The van der Waals surface area contributed by atoms with Crippen molar-refractivity contribution < 1.29 is 17.6 Å². The molecule has 2 rings (SSSR count). The Morgan fingerprint density at radius 1 is 1.48 bits per heavy atom. The Balaban J connectivity index is 2.17. The molecule has 1 aliphatic heterocycles. The van der Waals surface area contributed by atoms with Crippen molar-refractivity contribution in [2.75, 3.05) is 6.61 Å². The second-order valence-corrected chi connectivity index (χ2v) is 13.1. The SMILES string of the molecule is CC(C)(C)[Si](C)(C)O[C@H]1COc2c(S(N)(=O)=O)cnn2C1. The van der Waals surface area contributed by atoms with Crippen LogP contribution in [-0.4, -0.2) is 39.2 Å². The highest BCUT2D eigenvalue weighted by Crippen LogP contribution is 2.38. The van der Waals surface area contributed by atoms with E-state index >= 15 is 0 Å². The molecule has 120 valence electrons. The van der Waals surface area contributed by atoms with Crippen LogP contribution in [0, 0.1) is 0 Å². The van der Waals surface area contributed by atoms with Gasteiger partial charge in [0.1, 0.15) is 6.61 Å². The third-order valence-corrected chi connectivity index (χ3v) is 9.54. The molecule has 1 aromatic rings. The Labute approximate surface area is 126 Å². The van der Waals surface area contributed by atoms with Gasteiger partial charge in [-0.1, -0.05) is 20.8 Å². The third-order valence-electron chi connectivity index (χ3n) is 4.12. The first-order valence-corrected chi connectivity index (χ1v) is 11.3. The van der Waals surface area contributed by atoms with Crippen molar-refractivity contribution in [2.45, 2.75) is 56.4 Å². The van der Waals surface area contributed by atoms with E-state index in [9.17, 15) is 8.42 Å². The van der Waals surface area contributed by atoms with Crippen LogP contribution in [0.4, 0.5) is 0 Å². The molecule has 0 saturated heterocycles. The van der Waals surface area contributed by atoms with Crippen LogP contribution in [0.2, 0.25) is 18.1 Å². The van der Waals surface area contributed by atoms with Gasteiger partial charge in [-0.05, 0) is 18.1 Å². The number of fused-ring (bicyclic) bond motifs is 1. The monoisotopic (exact) mass is 333 g/mol. The molecule has 1 aliphatic rings. The maximum atomic E-state index is 11.4. The van der Waals surface area contributed by atoms with E-state index in [0.717, 1.165) is 0 Å². The molecule has 0 aromatic carbocycles. The van der Waals surface area contributed by atoms with Crippen LogP contribution in [0.3, 0.4) is 0 Å². The third kappa shape index (κ3) is 3.31. The van der Waals surface area contributed by atoms with Gasteiger partial charge in [0.2, 0.25) is 15.9 Å². The van der Waals surface area contributed by atoms with Gasteiger partial charge in [0.15, 0.2) is 13.2 Å². The minimum Gasteiger partial charge on any atom is -0.474 e. The van der Waals surface area contributed by atoms with Crippen LogP contribution in [-0.2, 0) is 21.0 Å². The lowest BCUT2D eigenvalue weighted by molar-refractivity contribution is 0.0615. The lowest BCUT2D eigenvalue weighted by Gasteiger charge is -2.40. The summed E-state index contributed by atoms with van der Waals surface area (Å²) in [5.74, 6) is 0.201. The summed E-state index contributed by atoms with van der Waals surface area (Å²) in [6.07, 6.45) is 1.09. The fraction of sp³-hybridized carbons (Fsp3) is 0.750. The number of sulfonamides is 1. The molecule has 7 nitrogen and oxygen atoms in total. The van der Waals surface area contributed by atoms with Crippen molar-refractivity contribution in [3.8, 4) is 5.88 Å². The van der Waals surface area contributed by atoms with E-state index in [0.29, 0.717) is 13.2 Å². The normalized spacial score (nSPS) is 20.0. The van der Waals surface area contributed by atoms with Gasteiger partial charge in [-0.3, -0.25) is 0 Å². The molecule has 0 aliphatic carbocycles. The Bertz CT molecular complexity index is 633. The highest BCUT2D eigenvalue weighted by Gasteiger charge is 2.40. The Morgan fingerprint density at radius 3 is 2.62 bits per heavy atom. The van der Waals surface area contributed by atoms with Crippen molar-refractivity contribution in [3.05, 3.63) is 6.20 Å². The summed E-state index contributed by atoms with van der Waals surface area (Å²) in [7, 11) is -5.72.